The van der Waals surface area contributed by atoms with Gasteiger partial charge in [-0.15, -0.1) is 0 Å². The maximum atomic E-state index is 13.1. The molecule has 28 heavy (non-hydrogen) atoms. The Balaban J connectivity index is 1.49. The predicted molar refractivity (Wildman–Crippen MR) is 107 cm³/mol. The van der Waals surface area contributed by atoms with Crippen LogP contribution in [0.3, 0.4) is 0 Å². The molecule has 4 rings (SSSR count). The van der Waals surface area contributed by atoms with E-state index >= 15 is 0 Å². The number of benzene rings is 1. The Bertz CT molecular complexity index is 843. The van der Waals surface area contributed by atoms with Crippen molar-refractivity contribution < 1.29 is 14.6 Å². The van der Waals surface area contributed by atoms with E-state index in [4.69, 9.17) is 4.74 Å². The SMILES string of the molecule is CC(C)c1nc2ccc(C(=O)N(C)[C@@H]3CC[C@@H](N4CCOCC4)[C@@H]3O)cc2[nH]1. The number of imidazole rings is 1. The minimum atomic E-state index is -0.532. The Morgan fingerprint density at radius 2 is 2.07 bits per heavy atom. The van der Waals surface area contributed by atoms with Gasteiger partial charge in [0.05, 0.1) is 36.4 Å². The van der Waals surface area contributed by atoms with Crippen molar-refractivity contribution in [2.75, 3.05) is 33.4 Å². The molecule has 0 spiro atoms. The fourth-order valence-electron chi connectivity index (χ4n) is 4.46. The third kappa shape index (κ3) is 3.54. The number of aliphatic hydroxyl groups excluding tert-OH is 1. The van der Waals surface area contributed by atoms with Crippen molar-refractivity contribution in [3.8, 4) is 0 Å². The largest absolute Gasteiger partial charge is 0.389 e. The molecule has 0 radical (unpaired) electrons. The highest BCUT2D eigenvalue weighted by Crippen LogP contribution is 2.30. The highest BCUT2D eigenvalue weighted by atomic mass is 16.5. The average molecular weight is 386 g/mol. The first-order valence-electron chi connectivity index (χ1n) is 10.2. The van der Waals surface area contributed by atoms with Crippen LogP contribution in [0.15, 0.2) is 18.2 Å². The molecule has 0 unspecified atom stereocenters. The van der Waals surface area contributed by atoms with E-state index in [0.717, 1.165) is 42.8 Å². The van der Waals surface area contributed by atoms with Crippen LogP contribution in [0.25, 0.3) is 11.0 Å². The zero-order chi connectivity index (χ0) is 19.8. The summed E-state index contributed by atoms with van der Waals surface area (Å²) in [5.74, 6) is 1.17. The lowest BCUT2D eigenvalue weighted by Crippen LogP contribution is -2.51. The van der Waals surface area contributed by atoms with Gasteiger partial charge in [0.25, 0.3) is 5.91 Å². The number of carbonyl (C=O) groups excluding carboxylic acids is 1. The van der Waals surface area contributed by atoms with Crippen molar-refractivity contribution in [2.24, 2.45) is 0 Å². The number of hydrogen-bond acceptors (Lipinski definition) is 5. The first-order valence-corrected chi connectivity index (χ1v) is 10.2. The smallest absolute Gasteiger partial charge is 0.254 e. The molecular weight excluding hydrogens is 356 g/mol. The normalized spacial score (nSPS) is 26.2. The van der Waals surface area contributed by atoms with E-state index in [1.54, 1.807) is 11.9 Å². The molecule has 7 nitrogen and oxygen atoms in total. The van der Waals surface area contributed by atoms with Gasteiger partial charge >= 0.3 is 0 Å². The van der Waals surface area contributed by atoms with Crippen molar-refractivity contribution in [3.63, 3.8) is 0 Å². The fourth-order valence-corrected chi connectivity index (χ4v) is 4.46. The number of rotatable bonds is 4. The molecule has 1 aliphatic carbocycles. The Morgan fingerprint density at radius 3 is 2.79 bits per heavy atom. The summed E-state index contributed by atoms with van der Waals surface area (Å²) in [5, 5.41) is 10.9. The Kier molecular flexibility index (Phi) is 5.40. The van der Waals surface area contributed by atoms with Crippen LogP contribution in [0.5, 0.6) is 0 Å². The maximum Gasteiger partial charge on any atom is 0.254 e. The molecule has 3 atom stereocenters. The number of morpholine rings is 1. The monoisotopic (exact) mass is 386 g/mol. The molecule has 1 amide bonds. The van der Waals surface area contributed by atoms with Gasteiger partial charge in [-0.2, -0.15) is 0 Å². The number of H-pyrrole nitrogens is 1. The molecule has 2 aromatic rings. The molecule has 2 aliphatic rings. The zero-order valence-electron chi connectivity index (χ0n) is 16.9. The molecule has 1 saturated heterocycles. The summed E-state index contributed by atoms with van der Waals surface area (Å²) >= 11 is 0. The van der Waals surface area contributed by atoms with Crippen LogP contribution in [-0.4, -0.2) is 82.3 Å². The minimum Gasteiger partial charge on any atom is -0.389 e. The van der Waals surface area contributed by atoms with Gasteiger partial charge in [0, 0.05) is 37.7 Å². The lowest BCUT2D eigenvalue weighted by molar-refractivity contribution is -0.0231. The van der Waals surface area contributed by atoms with Gasteiger partial charge in [0.2, 0.25) is 0 Å². The summed E-state index contributed by atoms with van der Waals surface area (Å²) in [4.78, 5) is 25.0. The second-order valence-electron chi connectivity index (χ2n) is 8.28. The number of aromatic nitrogens is 2. The number of amides is 1. The van der Waals surface area contributed by atoms with Crippen LogP contribution in [0.1, 0.15) is 48.8 Å². The summed E-state index contributed by atoms with van der Waals surface area (Å²) in [7, 11) is 1.80. The summed E-state index contributed by atoms with van der Waals surface area (Å²) in [6.45, 7) is 7.30. The van der Waals surface area contributed by atoms with Crippen molar-refractivity contribution in [3.05, 3.63) is 29.6 Å². The molecule has 2 heterocycles. The maximum absolute atomic E-state index is 13.1. The van der Waals surface area contributed by atoms with E-state index in [-0.39, 0.29) is 18.0 Å². The number of likely N-dealkylation sites (N-methyl/N-ethyl adjacent to an activating group) is 1. The molecular formula is C21H30N4O3. The van der Waals surface area contributed by atoms with Gasteiger partial charge < -0.3 is 19.7 Å². The number of fused-ring (bicyclic) bond motifs is 1. The van der Waals surface area contributed by atoms with E-state index in [1.165, 1.54) is 0 Å². The highest BCUT2D eigenvalue weighted by Gasteiger charge is 2.41. The molecule has 7 heteroatoms. The fraction of sp³-hybridized carbons (Fsp3) is 0.619. The Morgan fingerprint density at radius 1 is 1.32 bits per heavy atom. The summed E-state index contributed by atoms with van der Waals surface area (Å²) in [6, 6.07) is 5.53. The first-order chi connectivity index (χ1) is 13.5. The summed E-state index contributed by atoms with van der Waals surface area (Å²) in [6.07, 6.45) is 1.19. The van der Waals surface area contributed by atoms with Crippen LogP contribution in [0, 0.1) is 0 Å². The van der Waals surface area contributed by atoms with Crippen molar-refractivity contribution in [2.45, 2.75) is 50.8 Å². The van der Waals surface area contributed by atoms with Gasteiger partial charge in [-0.3, -0.25) is 9.69 Å². The van der Waals surface area contributed by atoms with Crippen molar-refractivity contribution in [1.82, 2.24) is 19.8 Å². The van der Waals surface area contributed by atoms with Crippen molar-refractivity contribution in [1.29, 1.82) is 0 Å². The van der Waals surface area contributed by atoms with Gasteiger partial charge in [-0.05, 0) is 31.0 Å². The third-order valence-electron chi connectivity index (χ3n) is 6.17. The second-order valence-corrected chi connectivity index (χ2v) is 8.28. The van der Waals surface area contributed by atoms with Gasteiger partial charge in [-0.25, -0.2) is 4.98 Å². The molecule has 152 valence electrons. The molecule has 2 N–H and O–H groups in total. The summed E-state index contributed by atoms with van der Waals surface area (Å²) < 4.78 is 5.42. The molecule has 2 fully saturated rings. The Hall–Kier alpha value is -1.96. The van der Waals surface area contributed by atoms with Gasteiger partial charge in [0.1, 0.15) is 5.82 Å². The molecule has 1 aliphatic heterocycles. The first kappa shape index (κ1) is 19.4. The van der Waals surface area contributed by atoms with Crippen molar-refractivity contribution >= 4 is 16.9 Å². The van der Waals surface area contributed by atoms with Crippen LogP contribution in [-0.2, 0) is 4.74 Å². The number of hydrogen-bond donors (Lipinski definition) is 2. The number of aromatic amines is 1. The van der Waals surface area contributed by atoms with E-state index in [2.05, 4.69) is 28.7 Å². The predicted octanol–water partition coefficient (Wildman–Crippen LogP) is 1.98. The van der Waals surface area contributed by atoms with Crippen LogP contribution in [0.4, 0.5) is 0 Å². The van der Waals surface area contributed by atoms with Crippen LogP contribution in [0.2, 0.25) is 0 Å². The number of carbonyl (C=O) groups is 1. The highest BCUT2D eigenvalue weighted by molar-refractivity contribution is 5.97. The van der Waals surface area contributed by atoms with Crippen LogP contribution >= 0.6 is 0 Å². The Labute approximate surface area is 165 Å². The summed E-state index contributed by atoms with van der Waals surface area (Å²) in [5.41, 5.74) is 2.37. The number of nitrogens with one attached hydrogen (secondary N) is 1. The van der Waals surface area contributed by atoms with Gasteiger partial charge in [-0.1, -0.05) is 13.8 Å². The van der Waals surface area contributed by atoms with Crippen LogP contribution < -0.4 is 0 Å². The number of nitrogens with zero attached hydrogens (tertiary/aromatic N) is 3. The van der Waals surface area contributed by atoms with Gasteiger partial charge in [0.15, 0.2) is 0 Å². The zero-order valence-corrected chi connectivity index (χ0v) is 16.9. The number of ether oxygens (including phenoxy) is 1. The lowest BCUT2D eigenvalue weighted by atomic mass is 10.1. The topological polar surface area (TPSA) is 81.7 Å². The minimum absolute atomic E-state index is 0.0609. The van der Waals surface area contributed by atoms with E-state index in [1.807, 2.05) is 18.2 Å². The lowest BCUT2D eigenvalue weighted by Gasteiger charge is -2.36. The molecule has 1 saturated carbocycles. The van der Waals surface area contributed by atoms with E-state index in [0.29, 0.717) is 24.7 Å². The third-order valence-corrected chi connectivity index (χ3v) is 6.17. The van der Waals surface area contributed by atoms with E-state index in [9.17, 15) is 9.90 Å². The molecule has 1 aromatic carbocycles. The second kappa shape index (κ2) is 7.81. The average Bonchev–Trinajstić information content (AvgIpc) is 3.30. The molecule has 0 bridgehead atoms. The quantitative estimate of drug-likeness (QED) is 0.840. The number of aliphatic hydroxyl groups is 1. The molecule has 1 aromatic heterocycles. The standard InChI is InChI=1S/C21H30N4O3/c1-13(2)20-22-15-5-4-14(12-16(15)23-20)21(27)24(3)17-6-7-18(19(17)26)25-8-10-28-11-9-25/h4-5,12-13,17-19,26H,6-11H2,1-3H3,(H,22,23)/t17-,18-,19-/m1/s1. The van der Waals surface area contributed by atoms with E-state index < -0.39 is 6.10 Å².